The number of hydrogen-bond donors (Lipinski definition) is 1. The maximum Gasteiger partial charge on any atom is 0.433 e. The fourth-order valence-electron chi connectivity index (χ4n) is 3.44. The molecular weight excluding hydrogens is 401 g/mol. The van der Waals surface area contributed by atoms with E-state index in [0.717, 1.165) is 6.07 Å². The molecule has 2 heterocycles. The summed E-state index contributed by atoms with van der Waals surface area (Å²) in [7, 11) is 2.96. The number of carbonyl (C=O) groups is 1. The molecule has 1 N–H and O–H groups in total. The van der Waals surface area contributed by atoms with Crippen molar-refractivity contribution in [3.63, 3.8) is 0 Å². The molecule has 0 saturated carbocycles. The molecule has 30 heavy (non-hydrogen) atoms. The normalized spacial score (nSPS) is 15.1. The fraction of sp³-hybridized carbons (Fsp3) is 0.450. The molecule has 1 amide bonds. The quantitative estimate of drug-likeness (QED) is 0.794. The zero-order chi connectivity index (χ0) is 21.9. The molecule has 2 aromatic rings. The van der Waals surface area contributed by atoms with Crippen LogP contribution in [0.1, 0.15) is 34.7 Å². The summed E-state index contributed by atoms with van der Waals surface area (Å²) in [6.07, 6.45) is -3.38. The van der Waals surface area contributed by atoms with Gasteiger partial charge in [-0.25, -0.2) is 9.97 Å². The second kappa shape index (κ2) is 8.76. The molecule has 7 nitrogen and oxygen atoms in total. The number of rotatable bonds is 5. The lowest BCUT2D eigenvalue weighted by molar-refractivity contribution is -0.141. The number of amides is 1. The first-order chi connectivity index (χ1) is 14.2. The van der Waals surface area contributed by atoms with Crippen LogP contribution in [0.25, 0.3) is 0 Å². The van der Waals surface area contributed by atoms with E-state index in [-0.39, 0.29) is 23.6 Å². The van der Waals surface area contributed by atoms with Gasteiger partial charge in [0.05, 0.1) is 19.8 Å². The Bertz CT molecular complexity index is 913. The molecular formula is C20H23F3N4O3. The highest BCUT2D eigenvalue weighted by Crippen LogP contribution is 2.32. The number of methoxy groups -OCH3 is 2. The fourth-order valence-corrected chi connectivity index (χ4v) is 3.44. The highest BCUT2D eigenvalue weighted by atomic mass is 19.4. The van der Waals surface area contributed by atoms with Gasteiger partial charge in [-0.15, -0.1) is 0 Å². The highest BCUT2D eigenvalue weighted by Gasteiger charge is 2.34. The Morgan fingerprint density at radius 3 is 2.47 bits per heavy atom. The molecule has 0 spiro atoms. The number of ether oxygens (including phenoxy) is 2. The molecule has 0 unspecified atom stereocenters. The predicted octanol–water partition coefficient (Wildman–Crippen LogP) is 3.22. The SMILES string of the molecule is COc1cccc(C(=O)NC2CCN(c3cc(C(F)(F)F)nc(C)n3)CC2)c1OC. The van der Waals surface area contributed by atoms with E-state index < -0.39 is 11.9 Å². The van der Waals surface area contributed by atoms with Gasteiger partial charge in [-0.3, -0.25) is 4.79 Å². The molecule has 0 atom stereocenters. The highest BCUT2D eigenvalue weighted by molar-refractivity contribution is 5.98. The molecule has 1 aliphatic heterocycles. The van der Waals surface area contributed by atoms with E-state index in [1.54, 1.807) is 23.1 Å². The van der Waals surface area contributed by atoms with Crippen molar-refractivity contribution in [1.29, 1.82) is 0 Å². The predicted molar refractivity (Wildman–Crippen MR) is 104 cm³/mol. The molecule has 1 aromatic heterocycles. The Morgan fingerprint density at radius 2 is 1.87 bits per heavy atom. The number of para-hydroxylation sites is 1. The van der Waals surface area contributed by atoms with Crippen molar-refractivity contribution in [3.8, 4) is 11.5 Å². The Kier molecular flexibility index (Phi) is 6.33. The van der Waals surface area contributed by atoms with Gasteiger partial charge < -0.3 is 19.7 Å². The van der Waals surface area contributed by atoms with Crippen molar-refractivity contribution in [2.45, 2.75) is 32.0 Å². The van der Waals surface area contributed by atoms with Crippen LogP contribution in [0.15, 0.2) is 24.3 Å². The van der Waals surface area contributed by atoms with Gasteiger partial charge in [0.25, 0.3) is 5.91 Å². The smallest absolute Gasteiger partial charge is 0.433 e. The van der Waals surface area contributed by atoms with Gasteiger partial charge >= 0.3 is 6.18 Å². The minimum Gasteiger partial charge on any atom is -0.493 e. The summed E-state index contributed by atoms with van der Waals surface area (Å²) < 4.78 is 49.6. The van der Waals surface area contributed by atoms with Crippen molar-refractivity contribution >= 4 is 11.7 Å². The van der Waals surface area contributed by atoms with Gasteiger partial charge in [-0.05, 0) is 31.9 Å². The van der Waals surface area contributed by atoms with Gasteiger partial charge in [0.2, 0.25) is 0 Å². The molecule has 1 aromatic carbocycles. The summed E-state index contributed by atoms with van der Waals surface area (Å²) in [5, 5.41) is 2.97. The molecule has 3 rings (SSSR count). The first kappa shape index (κ1) is 21.7. The van der Waals surface area contributed by atoms with E-state index in [2.05, 4.69) is 15.3 Å². The number of carbonyl (C=O) groups excluding carboxylic acids is 1. The third kappa shape index (κ3) is 4.74. The Morgan fingerprint density at radius 1 is 1.17 bits per heavy atom. The van der Waals surface area contributed by atoms with Crippen molar-refractivity contribution < 1.29 is 27.4 Å². The lowest BCUT2D eigenvalue weighted by Gasteiger charge is -2.33. The molecule has 10 heteroatoms. The van der Waals surface area contributed by atoms with Crippen LogP contribution in [-0.2, 0) is 6.18 Å². The van der Waals surface area contributed by atoms with Crippen molar-refractivity contribution in [1.82, 2.24) is 15.3 Å². The van der Waals surface area contributed by atoms with Crippen LogP contribution in [0, 0.1) is 6.92 Å². The van der Waals surface area contributed by atoms with Gasteiger partial charge in [0, 0.05) is 25.2 Å². The topological polar surface area (TPSA) is 76.6 Å². The summed E-state index contributed by atoms with van der Waals surface area (Å²) in [6.45, 7) is 2.37. The summed E-state index contributed by atoms with van der Waals surface area (Å²) in [6, 6.07) is 5.90. The number of benzene rings is 1. The number of aryl methyl sites for hydroxylation is 1. The molecule has 0 bridgehead atoms. The average Bonchev–Trinajstić information content (AvgIpc) is 2.72. The summed E-state index contributed by atoms with van der Waals surface area (Å²) in [5.74, 6) is 0.835. The van der Waals surface area contributed by atoms with Crippen LogP contribution < -0.4 is 19.7 Å². The maximum atomic E-state index is 13.0. The number of anilines is 1. The lowest BCUT2D eigenvalue weighted by Crippen LogP contribution is -2.45. The zero-order valence-electron chi connectivity index (χ0n) is 16.9. The van der Waals surface area contributed by atoms with Gasteiger partial charge in [-0.2, -0.15) is 13.2 Å². The standard InChI is InChI=1S/C20H23F3N4O3/c1-12-24-16(20(21,22)23)11-17(25-12)27-9-7-13(8-10-27)26-19(28)14-5-4-6-15(29-2)18(14)30-3/h4-6,11,13H,7-10H2,1-3H3,(H,26,28). The minimum atomic E-state index is -4.52. The van der Waals surface area contributed by atoms with Crippen molar-refractivity contribution in [3.05, 3.63) is 41.3 Å². The lowest BCUT2D eigenvalue weighted by atomic mass is 10.0. The Labute approximate surface area is 172 Å². The van der Waals surface area contributed by atoms with Crippen LogP contribution in [0.4, 0.5) is 19.0 Å². The largest absolute Gasteiger partial charge is 0.493 e. The third-order valence-electron chi connectivity index (χ3n) is 4.92. The van der Waals surface area contributed by atoms with Crippen molar-refractivity contribution in [2.24, 2.45) is 0 Å². The molecule has 1 fully saturated rings. The van der Waals surface area contributed by atoms with E-state index >= 15 is 0 Å². The van der Waals surface area contributed by atoms with Crippen LogP contribution in [-0.4, -0.2) is 49.2 Å². The first-order valence-electron chi connectivity index (χ1n) is 9.42. The number of nitrogens with zero attached hydrogens (tertiary/aromatic N) is 3. The third-order valence-corrected chi connectivity index (χ3v) is 4.92. The van der Waals surface area contributed by atoms with E-state index in [9.17, 15) is 18.0 Å². The second-order valence-electron chi connectivity index (χ2n) is 6.93. The number of alkyl halides is 3. The summed E-state index contributed by atoms with van der Waals surface area (Å²) in [4.78, 5) is 22.1. The first-order valence-corrected chi connectivity index (χ1v) is 9.42. The molecule has 1 aliphatic rings. The summed E-state index contributed by atoms with van der Waals surface area (Å²) in [5.41, 5.74) is -0.592. The molecule has 0 radical (unpaired) electrons. The zero-order valence-corrected chi connectivity index (χ0v) is 16.9. The second-order valence-corrected chi connectivity index (χ2v) is 6.93. The van der Waals surface area contributed by atoms with Crippen LogP contribution in [0.5, 0.6) is 11.5 Å². The van der Waals surface area contributed by atoms with Gasteiger partial charge in [-0.1, -0.05) is 6.07 Å². The summed E-state index contributed by atoms with van der Waals surface area (Å²) >= 11 is 0. The average molecular weight is 424 g/mol. The maximum absolute atomic E-state index is 13.0. The molecule has 1 saturated heterocycles. The van der Waals surface area contributed by atoms with E-state index in [4.69, 9.17) is 9.47 Å². The van der Waals surface area contributed by atoms with E-state index in [1.807, 2.05) is 0 Å². The Hall–Kier alpha value is -3.04. The Balaban J connectivity index is 1.66. The van der Waals surface area contributed by atoms with Gasteiger partial charge in [0.1, 0.15) is 17.3 Å². The van der Waals surface area contributed by atoms with E-state index in [0.29, 0.717) is 43.0 Å². The number of piperidine rings is 1. The van der Waals surface area contributed by atoms with Gasteiger partial charge in [0.15, 0.2) is 11.5 Å². The number of hydrogen-bond acceptors (Lipinski definition) is 6. The monoisotopic (exact) mass is 424 g/mol. The van der Waals surface area contributed by atoms with Crippen molar-refractivity contribution in [2.75, 3.05) is 32.2 Å². The number of aromatic nitrogens is 2. The van der Waals surface area contributed by atoms with E-state index in [1.165, 1.54) is 21.1 Å². The number of halogens is 3. The minimum absolute atomic E-state index is 0.0698. The van der Waals surface area contributed by atoms with Crippen LogP contribution >= 0.6 is 0 Å². The molecule has 162 valence electrons. The van der Waals surface area contributed by atoms with Crippen LogP contribution in [0.3, 0.4) is 0 Å². The number of nitrogens with one attached hydrogen (secondary N) is 1. The van der Waals surface area contributed by atoms with Crippen LogP contribution in [0.2, 0.25) is 0 Å². The molecule has 0 aliphatic carbocycles.